The van der Waals surface area contributed by atoms with Gasteiger partial charge in [-0.1, -0.05) is 18.7 Å². The maximum atomic E-state index is 11.8. The van der Waals surface area contributed by atoms with Gasteiger partial charge >= 0.3 is 0 Å². The van der Waals surface area contributed by atoms with Crippen molar-refractivity contribution in [1.29, 1.82) is 0 Å². The van der Waals surface area contributed by atoms with E-state index in [9.17, 15) is 13.2 Å². The molecule has 5 nitrogen and oxygen atoms in total. The fourth-order valence-electron chi connectivity index (χ4n) is 2.52. The summed E-state index contributed by atoms with van der Waals surface area (Å²) in [6.45, 7) is 7.18. The number of rotatable bonds is 7. The fourth-order valence-corrected chi connectivity index (χ4v) is 3.15. The number of nitrogens with one attached hydrogen (secondary N) is 2. The minimum absolute atomic E-state index is 0.0498. The molecule has 0 spiro atoms. The van der Waals surface area contributed by atoms with Crippen molar-refractivity contribution >= 4 is 26.6 Å². The number of H-pyrrole nitrogens is 1. The van der Waals surface area contributed by atoms with Gasteiger partial charge < -0.3 is 10.3 Å². The molecule has 0 aliphatic heterocycles. The molecule has 0 aliphatic carbocycles. The molecule has 1 atom stereocenters. The first-order chi connectivity index (χ1) is 10.8. The molecule has 0 bridgehead atoms. The Balaban J connectivity index is 1.94. The van der Waals surface area contributed by atoms with E-state index < -0.39 is 9.84 Å². The number of benzene rings is 1. The number of aromatic nitrogens is 1. The number of aromatic amines is 1. The quantitative estimate of drug-likeness (QED) is 0.816. The molecule has 23 heavy (non-hydrogen) atoms. The highest BCUT2D eigenvalue weighted by Crippen LogP contribution is 2.20. The van der Waals surface area contributed by atoms with Gasteiger partial charge in [-0.3, -0.25) is 4.79 Å². The van der Waals surface area contributed by atoms with Gasteiger partial charge in [-0.2, -0.15) is 0 Å². The number of aryl methyl sites for hydroxylation is 1. The Kier molecular flexibility index (Phi) is 5.26. The Morgan fingerprint density at radius 3 is 2.87 bits per heavy atom. The van der Waals surface area contributed by atoms with Crippen molar-refractivity contribution in [1.82, 2.24) is 10.3 Å². The average molecular weight is 334 g/mol. The zero-order valence-corrected chi connectivity index (χ0v) is 14.2. The highest BCUT2D eigenvalue weighted by Gasteiger charge is 2.13. The lowest BCUT2D eigenvalue weighted by atomic mass is 10.0. The first kappa shape index (κ1) is 17.3. The summed E-state index contributed by atoms with van der Waals surface area (Å²) >= 11 is 0. The van der Waals surface area contributed by atoms with Gasteiger partial charge in [0.25, 0.3) is 0 Å². The highest BCUT2D eigenvalue weighted by atomic mass is 32.2. The van der Waals surface area contributed by atoms with Crippen LogP contribution in [0, 0.1) is 6.92 Å². The van der Waals surface area contributed by atoms with Gasteiger partial charge in [0.2, 0.25) is 5.91 Å². The zero-order chi connectivity index (χ0) is 17.0. The molecule has 1 amide bonds. The summed E-state index contributed by atoms with van der Waals surface area (Å²) in [4.78, 5) is 15.1. The van der Waals surface area contributed by atoms with Crippen molar-refractivity contribution in [3.63, 3.8) is 0 Å². The second-order valence-corrected chi connectivity index (χ2v) is 7.89. The molecular weight excluding hydrogens is 312 g/mol. The minimum Gasteiger partial charge on any atom is -0.361 e. The number of carbonyl (C=O) groups is 1. The summed E-state index contributed by atoms with van der Waals surface area (Å²) in [5, 5.41) is 4.87. The number of hydrogen-bond acceptors (Lipinski definition) is 3. The van der Waals surface area contributed by atoms with Crippen LogP contribution in [0.4, 0.5) is 0 Å². The molecule has 1 heterocycles. The summed E-state index contributed by atoms with van der Waals surface area (Å²) in [7, 11) is -3.34. The minimum atomic E-state index is -3.34. The van der Waals surface area contributed by atoms with Crippen LogP contribution >= 0.6 is 0 Å². The molecule has 2 aromatic rings. The molecule has 0 radical (unpaired) electrons. The third-order valence-corrected chi connectivity index (χ3v) is 5.01. The number of carbonyl (C=O) groups excluding carboxylic acids is 1. The Labute approximate surface area is 136 Å². The van der Waals surface area contributed by atoms with Crippen LogP contribution in [0.2, 0.25) is 0 Å². The lowest BCUT2D eigenvalue weighted by Crippen LogP contribution is -2.34. The first-order valence-electron chi connectivity index (χ1n) is 7.52. The van der Waals surface area contributed by atoms with Gasteiger partial charge in [-0.05, 0) is 37.5 Å². The van der Waals surface area contributed by atoms with E-state index in [1.54, 1.807) is 0 Å². The molecule has 1 unspecified atom stereocenters. The predicted octanol–water partition coefficient (Wildman–Crippen LogP) is 2.47. The summed E-state index contributed by atoms with van der Waals surface area (Å²) in [6.07, 6.45) is 2.59. The Hall–Kier alpha value is -2.08. The maximum absolute atomic E-state index is 11.8. The first-order valence-corrected chi connectivity index (χ1v) is 9.23. The molecule has 124 valence electrons. The van der Waals surface area contributed by atoms with E-state index in [4.69, 9.17) is 0 Å². The SMILES string of the molecule is C=CS(=O)(=O)CCC(=O)NC(C)Cc1c[nH]c2cc(C)ccc12. The highest BCUT2D eigenvalue weighted by molar-refractivity contribution is 7.94. The van der Waals surface area contributed by atoms with E-state index >= 15 is 0 Å². The van der Waals surface area contributed by atoms with Crippen LogP contribution < -0.4 is 5.32 Å². The molecule has 0 saturated carbocycles. The third-order valence-electron chi connectivity index (χ3n) is 3.72. The predicted molar refractivity (Wildman–Crippen MR) is 92.9 cm³/mol. The van der Waals surface area contributed by atoms with Gasteiger partial charge in [0, 0.05) is 35.0 Å². The number of fused-ring (bicyclic) bond motifs is 1. The monoisotopic (exact) mass is 334 g/mol. The molecule has 2 rings (SSSR count). The van der Waals surface area contributed by atoms with Gasteiger partial charge in [-0.15, -0.1) is 0 Å². The van der Waals surface area contributed by atoms with E-state index in [2.05, 4.69) is 35.1 Å². The van der Waals surface area contributed by atoms with Crippen LogP contribution in [0.25, 0.3) is 10.9 Å². The van der Waals surface area contributed by atoms with Crippen molar-refractivity contribution in [2.45, 2.75) is 32.7 Å². The van der Waals surface area contributed by atoms with Crippen molar-refractivity contribution in [3.05, 3.63) is 47.5 Å². The average Bonchev–Trinajstić information content (AvgIpc) is 2.87. The fraction of sp³-hybridized carbons (Fsp3) is 0.353. The zero-order valence-electron chi connectivity index (χ0n) is 13.4. The molecule has 1 aromatic carbocycles. The standard InChI is InChI=1S/C17H22N2O3S/c1-4-23(21,22)8-7-17(20)19-13(3)10-14-11-18-16-9-12(2)5-6-15(14)16/h4-6,9,11,13,18H,1,7-8,10H2,2-3H3,(H,19,20). The van der Waals surface area contributed by atoms with Gasteiger partial charge in [0.1, 0.15) is 0 Å². The van der Waals surface area contributed by atoms with Crippen LogP contribution in [0.3, 0.4) is 0 Å². The second-order valence-electron chi connectivity index (χ2n) is 5.82. The molecule has 0 fully saturated rings. The molecule has 0 saturated heterocycles. The van der Waals surface area contributed by atoms with Crippen LogP contribution in [0.5, 0.6) is 0 Å². The third kappa shape index (κ3) is 4.69. The second kappa shape index (κ2) is 7.00. The van der Waals surface area contributed by atoms with E-state index in [1.807, 2.05) is 20.0 Å². The van der Waals surface area contributed by atoms with Crippen molar-refractivity contribution in [2.75, 3.05) is 5.75 Å². The smallest absolute Gasteiger partial charge is 0.221 e. The molecular formula is C17H22N2O3S. The van der Waals surface area contributed by atoms with Crippen molar-refractivity contribution in [3.8, 4) is 0 Å². The van der Waals surface area contributed by atoms with Crippen molar-refractivity contribution < 1.29 is 13.2 Å². The largest absolute Gasteiger partial charge is 0.361 e. The Bertz CT molecular complexity index is 821. The summed E-state index contributed by atoms with van der Waals surface area (Å²) in [5.74, 6) is -0.472. The summed E-state index contributed by atoms with van der Waals surface area (Å²) < 4.78 is 22.6. The van der Waals surface area contributed by atoms with Crippen LogP contribution in [0.15, 0.2) is 36.4 Å². The molecule has 2 N–H and O–H groups in total. The molecule has 0 aliphatic rings. The van der Waals surface area contributed by atoms with Crippen LogP contribution in [-0.2, 0) is 21.1 Å². The normalized spacial score (nSPS) is 13.0. The molecule has 1 aromatic heterocycles. The number of amides is 1. The van der Waals surface area contributed by atoms with Crippen LogP contribution in [0.1, 0.15) is 24.5 Å². The van der Waals surface area contributed by atoms with E-state index in [1.165, 1.54) is 5.56 Å². The summed E-state index contributed by atoms with van der Waals surface area (Å²) in [5.41, 5.74) is 3.40. The Morgan fingerprint density at radius 1 is 1.43 bits per heavy atom. The maximum Gasteiger partial charge on any atom is 0.221 e. The van der Waals surface area contributed by atoms with E-state index in [-0.39, 0.29) is 24.1 Å². The van der Waals surface area contributed by atoms with Gasteiger partial charge in [0.05, 0.1) is 5.75 Å². The van der Waals surface area contributed by atoms with Crippen molar-refractivity contribution in [2.24, 2.45) is 0 Å². The Morgan fingerprint density at radius 2 is 2.17 bits per heavy atom. The molecule has 6 heteroatoms. The van der Waals surface area contributed by atoms with E-state index in [0.29, 0.717) is 6.42 Å². The lowest BCUT2D eigenvalue weighted by molar-refractivity contribution is -0.121. The number of sulfone groups is 1. The van der Waals surface area contributed by atoms with Gasteiger partial charge in [0.15, 0.2) is 9.84 Å². The number of hydrogen-bond donors (Lipinski definition) is 2. The van der Waals surface area contributed by atoms with Crippen LogP contribution in [-0.4, -0.2) is 31.1 Å². The van der Waals surface area contributed by atoms with E-state index in [0.717, 1.165) is 21.9 Å². The lowest BCUT2D eigenvalue weighted by Gasteiger charge is -2.13. The topological polar surface area (TPSA) is 79.0 Å². The summed E-state index contributed by atoms with van der Waals surface area (Å²) in [6, 6.07) is 6.14. The van der Waals surface area contributed by atoms with Gasteiger partial charge in [-0.25, -0.2) is 8.42 Å².